The summed E-state index contributed by atoms with van der Waals surface area (Å²) in [6, 6.07) is 29.9. The maximum Gasteiger partial charge on any atom is 0.163 e. The van der Waals surface area contributed by atoms with Gasteiger partial charge >= 0.3 is 0 Å². The molecule has 0 radical (unpaired) electrons. The van der Waals surface area contributed by atoms with Gasteiger partial charge < -0.3 is 0 Å². The highest BCUT2D eigenvalue weighted by Gasteiger charge is 2.30. The van der Waals surface area contributed by atoms with Crippen LogP contribution in [-0.4, -0.2) is 33.7 Å². The van der Waals surface area contributed by atoms with Gasteiger partial charge in [-0.15, -0.1) is 0 Å². The predicted octanol–water partition coefficient (Wildman–Crippen LogP) is 5.68. The molecule has 0 aliphatic heterocycles. The van der Waals surface area contributed by atoms with Crippen LogP contribution < -0.4 is 0 Å². The van der Waals surface area contributed by atoms with E-state index in [9.17, 15) is 0 Å². The molecule has 7 nitrogen and oxygen atoms in total. The Morgan fingerprint density at radius 3 is 1.43 bits per heavy atom. The van der Waals surface area contributed by atoms with Crippen molar-refractivity contribution < 1.29 is 0 Å². The van der Waals surface area contributed by atoms with Crippen molar-refractivity contribution in [3.63, 3.8) is 0 Å². The minimum Gasteiger partial charge on any atom is -0.298 e. The van der Waals surface area contributed by atoms with E-state index in [0.717, 1.165) is 51.2 Å². The fourth-order valence-electron chi connectivity index (χ4n) is 4.86. The molecular formula is C30H21N7. The highest BCUT2D eigenvalue weighted by atomic mass is 15.1. The van der Waals surface area contributed by atoms with Crippen LogP contribution in [0.15, 0.2) is 122 Å². The number of nitrogens with zero attached hydrogens (tertiary/aromatic N) is 7. The molecule has 0 unspecified atom stereocenters. The van der Waals surface area contributed by atoms with Crippen molar-refractivity contribution in [2.24, 2.45) is 0 Å². The van der Waals surface area contributed by atoms with Gasteiger partial charge in [0.2, 0.25) is 0 Å². The quantitative estimate of drug-likeness (QED) is 0.318. The second-order valence-electron chi connectivity index (χ2n) is 8.67. The van der Waals surface area contributed by atoms with Crippen LogP contribution in [0.4, 0.5) is 0 Å². The summed E-state index contributed by atoms with van der Waals surface area (Å²) in [5, 5.41) is 0. The van der Waals surface area contributed by atoms with Crippen molar-refractivity contribution in [2.75, 3.05) is 0 Å². The Morgan fingerprint density at radius 2 is 0.973 bits per heavy atom. The monoisotopic (exact) mass is 479 g/mol. The lowest BCUT2D eigenvalue weighted by molar-refractivity contribution is 0.872. The van der Waals surface area contributed by atoms with Crippen LogP contribution in [0.2, 0.25) is 0 Å². The van der Waals surface area contributed by atoms with Gasteiger partial charge in [-0.25, -0.2) is 9.97 Å². The van der Waals surface area contributed by atoms with Gasteiger partial charge in [0.05, 0.1) is 34.0 Å². The Kier molecular flexibility index (Phi) is 5.03. The molecule has 0 saturated carbocycles. The molecule has 0 fully saturated rings. The van der Waals surface area contributed by atoms with Gasteiger partial charge in [-0.1, -0.05) is 30.3 Å². The smallest absolute Gasteiger partial charge is 0.163 e. The lowest BCUT2D eigenvalue weighted by atomic mass is 9.95. The van der Waals surface area contributed by atoms with E-state index >= 15 is 0 Å². The second kappa shape index (κ2) is 8.80. The largest absolute Gasteiger partial charge is 0.298 e. The van der Waals surface area contributed by atoms with E-state index in [2.05, 4.69) is 30.9 Å². The summed E-state index contributed by atoms with van der Waals surface area (Å²) in [5.41, 5.74) is 6.19. The molecular weight excluding hydrogens is 458 g/mol. The van der Waals surface area contributed by atoms with Crippen molar-refractivity contribution >= 4 is 11.0 Å². The highest BCUT2D eigenvalue weighted by molar-refractivity contribution is 5.71. The fourth-order valence-corrected chi connectivity index (χ4v) is 4.86. The minimum absolute atomic E-state index is 0.314. The molecule has 7 heteroatoms. The molecule has 0 aliphatic rings. The first kappa shape index (κ1) is 21.1. The Hall–Kier alpha value is -5.17. The van der Waals surface area contributed by atoms with Crippen LogP contribution in [0.3, 0.4) is 0 Å². The number of rotatable bonds is 5. The summed E-state index contributed by atoms with van der Waals surface area (Å²) in [6.07, 6.45) is 9.44. The van der Waals surface area contributed by atoms with E-state index in [1.807, 2.05) is 97.5 Å². The van der Waals surface area contributed by atoms with E-state index in [-0.39, 0.29) is 5.92 Å². The molecule has 0 atom stereocenters. The number of hydrogen-bond donors (Lipinski definition) is 0. The van der Waals surface area contributed by atoms with E-state index < -0.39 is 0 Å². The molecule has 7 heterocycles. The first-order valence-electron chi connectivity index (χ1n) is 12.1. The fraction of sp³-hybridized carbons (Fsp3) is 0.0333. The molecule has 7 aromatic rings. The van der Waals surface area contributed by atoms with Crippen LogP contribution in [0.25, 0.3) is 34.1 Å². The van der Waals surface area contributed by atoms with Crippen LogP contribution in [0.1, 0.15) is 23.0 Å². The second-order valence-corrected chi connectivity index (χ2v) is 8.67. The Morgan fingerprint density at radius 1 is 0.486 bits per heavy atom. The Bertz CT molecular complexity index is 1710. The highest BCUT2D eigenvalue weighted by Crippen LogP contribution is 2.37. The number of imidazole rings is 2. The van der Waals surface area contributed by atoms with Gasteiger partial charge in [0.25, 0.3) is 0 Å². The van der Waals surface area contributed by atoms with Crippen molar-refractivity contribution in [2.45, 2.75) is 5.92 Å². The molecule has 0 spiro atoms. The number of aromatic nitrogens is 7. The summed E-state index contributed by atoms with van der Waals surface area (Å²) in [7, 11) is 0. The third kappa shape index (κ3) is 3.56. The average Bonchev–Trinajstić information content (AvgIpc) is 3.55. The zero-order valence-corrected chi connectivity index (χ0v) is 19.8. The summed E-state index contributed by atoms with van der Waals surface area (Å²) < 4.78 is 4.18. The average molecular weight is 480 g/mol. The van der Waals surface area contributed by atoms with Crippen molar-refractivity contribution in [3.05, 3.63) is 139 Å². The summed E-state index contributed by atoms with van der Waals surface area (Å²) in [4.78, 5) is 24.3. The molecule has 7 rings (SSSR count). The molecule has 0 amide bonds. The third-order valence-corrected chi connectivity index (χ3v) is 6.47. The minimum atomic E-state index is -0.314. The molecule has 37 heavy (non-hydrogen) atoms. The van der Waals surface area contributed by atoms with E-state index in [1.54, 1.807) is 12.4 Å². The molecule has 0 bridgehead atoms. The molecule has 0 aliphatic carbocycles. The molecule has 0 N–H and O–H groups in total. The van der Waals surface area contributed by atoms with Crippen LogP contribution >= 0.6 is 0 Å². The molecule has 0 aromatic carbocycles. The van der Waals surface area contributed by atoms with Crippen molar-refractivity contribution in [1.82, 2.24) is 33.7 Å². The molecule has 176 valence electrons. The predicted molar refractivity (Wildman–Crippen MR) is 142 cm³/mol. The van der Waals surface area contributed by atoms with Crippen LogP contribution in [0.5, 0.6) is 0 Å². The zero-order chi connectivity index (χ0) is 24.6. The van der Waals surface area contributed by atoms with Gasteiger partial charge in [0, 0.05) is 31.0 Å². The standard InChI is InChI=1S/C30H21N7/c1-6-16-31-21(11-1)26(27-24-14-4-9-19-36(24)29(34-27)22-12-2-7-17-32-22)28-25-15-5-10-20-37(25)30(35-28)23-13-3-8-18-33-23/h1-20,26H. The molecule has 0 saturated heterocycles. The van der Waals surface area contributed by atoms with Crippen molar-refractivity contribution in [1.29, 1.82) is 0 Å². The summed E-state index contributed by atoms with van der Waals surface area (Å²) in [5.74, 6) is 1.24. The Balaban J connectivity index is 1.54. The third-order valence-electron chi connectivity index (χ3n) is 6.47. The summed E-state index contributed by atoms with van der Waals surface area (Å²) in [6.45, 7) is 0. The number of fused-ring (bicyclic) bond motifs is 2. The first-order chi connectivity index (χ1) is 18.4. The van der Waals surface area contributed by atoms with Gasteiger partial charge in [0.1, 0.15) is 11.4 Å². The first-order valence-corrected chi connectivity index (χ1v) is 12.1. The van der Waals surface area contributed by atoms with Gasteiger partial charge in [-0.3, -0.25) is 23.8 Å². The SMILES string of the molecule is c1ccc(-c2nc(C(c3ccccn3)c3nc(-c4ccccn4)n4ccccc34)c3ccccn23)nc1. The number of hydrogen-bond acceptors (Lipinski definition) is 5. The maximum atomic E-state index is 5.20. The van der Waals surface area contributed by atoms with Crippen molar-refractivity contribution in [3.8, 4) is 23.0 Å². The van der Waals surface area contributed by atoms with Gasteiger partial charge in [-0.05, 0) is 60.7 Å². The number of pyridine rings is 5. The van der Waals surface area contributed by atoms with Crippen LogP contribution in [-0.2, 0) is 0 Å². The maximum absolute atomic E-state index is 5.20. The van der Waals surface area contributed by atoms with E-state index in [0.29, 0.717) is 0 Å². The zero-order valence-electron chi connectivity index (χ0n) is 19.8. The normalized spacial score (nSPS) is 11.5. The van der Waals surface area contributed by atoms with Crippen LogP contribution in [0, 0.1) is 0 Å². The van der Waals surface area contributed by atoms with E-state index in [1.165, 1.54) is 0 Å². The Labute approximate surface area is 212 Å². The lowest BCUT2D eigenvalue weighted by Gasteiger charge is -2.14. The van der Waals surface area contributed by atoms with Gasteiger partial charge in [0.15, 0.2) is 11.6 Å². The van der Waals surface area contributed by atoms with Gasteiger partial charge in [-0.2, -0.15) is 0 Å². The summed E-state index contributed by atoms with van der Waals surface area (Å²) >= 11 is 0. The molecule has 7 aromatic heterocycles. The lowest BCUT2D eigenvalue weighted by Crippen LogP contribution is -2.08. The topological polar surface area (TPSA) is 73.3 Å². The van der Waals surface area contributed by atoms with E-state index in [4.69, 9.17) is 15.0 Å².